The molecule has 4 N–H and O–H groups in total. The van der Waals surface area contributed by atoms with E-state index in [1.54, 1.807) is 25.2 Å². The Kier molecular flexibility index (Phi) is 5.79. The minimum absolute atomic E-state index is 0.330. The zero-order valence-electron chi connectivity index (χ0n) is 10.7. The summed E-state index contributed by atoms with van der Waals surface area (Å²) in [4.78, 5) is 11.4. The molecular weight excluding hydrogens is 234 g/mol. The predicted octanol–water partition coefficient (Wildman–Crippen LogP) is 1.17. The van der Waals surface area contributed by atoms with E-state index >= 15 is 0 Å². The van der Waals surface area contributed by atoms with Crippen LogP contribution in [0.2, 0.25) is 0 Å². The van der Waals surface area contributed by atoms with Crippen LogP contribution < -0.4 is 25.8 Å². The van der Waals surface area contributed by atoms with Gasteiger partial charge in [0.25, 0.3) is 0 Å². The van der Waals surface area contributed by atoms with Crippen molar-refractivity contribution in [3.63, 3.8) is 0 Å². The van der Waals surface area contributed by atoms with Crippen molar-refractivity contribution in [2.45, 2.75) is 6.42 Å². The number of ether oxygens (including phenoxy) is 2. The summed E-state index contributed by atoms with van der Waals surface area (Å²) in [7, 11) is 3.08. The number of benzene rings is 1. The molecule has 0 fully saturated rings. The van der Waals surface area contributed by atoms with Crippen molar-refractivity contribution >= 4 is 11.7 Å². The fraction of sp³-hybridized carbons (Fsp3) is 0.417. The Hall–Kier alpha value is -1.95. The largest absolute Gasteiger partial charge is 0.494 e. The average molecular weight is 253 g/mol. The van der Waals surface area contributed by atoms with Crippen LogP contribution in [0.15, 0.2) is 18.2 Å². The minimum atomic E-state index is -0.330. The van der Waals surface area contributed by atoms with Gasteiger partial charge in [-0.3, -0.25) is 0 Å². The second-order valence-electron chi connectivity index (χ2n) is 3.53. The Balaban J connectivity index is 2.89. The maximum absolute atomic E-state index is 11.4. The normalized spacial score (nSPS) is 9.72. The highest BCUT2D eigenvalue weighted by Crippen LogP contribution is 2.34. The van der Waals surface area contributed by atoms with Crippen molar-refractivity contribution in [2.75, 3.05) is 32.6 Å². The highest BCUT2D eigenvalue weighted by Gasteiger charge is 2.12. The van der Waals surface area contributed by atoms with E-state index in [9.17, 15) is 4.79 Å². The summed E-state index contributed by atoms with van der Waals surface area (Å²) in [6.45, 7) is 1.05. The second kappa shape index (κ2) is 7.39. The molecule has 0 saturated heterocycles. The third-order valence-corrected chi connectivity index (χ3v) is 2.28. The fourth-order valence-corrected chi connectivity index (χ4v) is 1.37. The topological polar surface area (TPSA) is 85.6 Å². The van der Waals surface area contributed by atoms with Crippen LogP contribution in [0.3, 0.4) is 0 Å². The van der Waals surface area contributed by atoms with Gasteiger partial charge >= 0.3 is 6.03 Å². The van der Waals surface area contributed by atoms with Gasteiger partial charge in [0, 0.05) is 7.05 Å². The summed E-state index contributed by atoms with van der Waals surface area (Å²) in [5.41, 5.74) is 5.92. The fourth-order valence-electron chi connectivity index (χ4n) is 1.37. The van der Waals surface area contributed by atoms with Gasteiger partial charge < -0.3 is 25.8 Å². The number of nitrogens with one attached hydrogen (secondary N) is 2. The van der Waals surface area contributed by atoms with Crippen LogP contribution in [0.25, 0.3) is 0 Å². The van der Waals surface area contributed by atoms with E-state index in [-0.39, 0.29) is 6.03 Å². The van der Waals surface area contributed by atoms with E-state index in [1.807, 2.05) is 0 Å². The number of methoxy groups -OCH3 is 1. The van der Waals surface area contributed by atoms with Crippen LogP contribution in [0, 0.1) is 0 Å². The molecule has 0 bridgehead atoms. The molecule has 1 aromatic rings. The smallest absolute Gasteiger partial charge is 0.319 e. The highest BCUT2D eigenvalue weighted by atomic mass is 16.5. The van der Waals surface area contributed by atoms with Gasteiger partial charge in [0.15, 0.2) is 0 Å². The Morgan fingerprint density at radius 1 is 1.39 bits per heavy atom. The van der Waals surface area contributed by atoms with E-state index in [4.69, 9.17) is 15.2 Å². The standard InChI is InChI=1S/C12H19N3O3/c1-14-12(16)15-11-9(17-2)5-3-6-10(11)18-8-4-7-13/h3,5-6H,4,7-8,13H2,1-2H3,(H2,14,15,16). The van der Waals surface area contributed by atoms with E-state index in [1.165, 1.54) is 7.11 Å². The molecule has 100 valence electrons. The summed E-state index contributed by atoms with van der Waals surface area (Å²) < 4.78 is 10.8. The number of urea groups is 1. The Labute approximate surface area is 106 Å². The van der Waals surface area contributed by atoms with Crippen LogP contribution in [-0.4, -0.2) is 33.3 Å². The summed E-state index contributed by atoms with van der Waals surface area (Å²) >= 11 is 0. The molecule has 18 heavy (non-hydrogen) atoms. The number of carbonyl (C=O) groups is 1. The molecule has 1 rings (SSSR count). The molecule has 0 spiro atoms. The summed E-state index contributed by atoms with van der Waals surface area (Å²) in [5.74, 6) is 1.11. The first-order valence-electron chi connectivity index (χ1n) is 5.71. The highest BCUT2D eigenvalue weighted by molar-refractivity contribution is 5.92. The average Bonchev–Trinajstić information content (AvgIpc) is 2.40. The number of amides is 2. The monoisotopic (exact) mass is 253 g/mol. The van der Waals surface area contributed by atoms with Crippen molar-refractivity contribution in [1.82, 2.24) is 5.32 Å². The van der Waals surface area contributed by atoms with Crippen molar-refractivity contribution in [1.29, 1.82) is 0 Å². The number of para-hydroxylation sites is 1. The molecule has 0 heterocycles. The third-order valence-electron chi connectivity index (χ3n) is 2.28. The maximum Gasteiger partial charge on any atom is 0.319 e. The molecule has 6 heteroatoms. The SMILES string of the molecule is CNC(=O)Nc1c(OC)cccc1OCCCN. The van der Waals surface area contributed by atoms with Gasteiger partial charge in [-0.1, -0.05) is 6.07 Å². The molecule has 0 saturated carbocycles. The van der Waals surface area contributed by atoms with E-state index in [0.717, 1.165) is 6.42 Å². The van der Waals surface area contributed by atoms with Crippen molar-refractivity contribution in [2.24, 2.45) is 5.73 Å². The number of hydrogen-bond acceptors (Lipinski definition) is 4. The minimum Gasteiger partial charge on any atom is -0.494 e. The van der Waals surface area contributed by atoms with Crippen LogP contribution >= 0.6 is 0 Å². The van der Waals surface area contributed by atoms with Crippen molar-refractivity contribution < 1.29 is 14.3 Å². The molecule has 0 aliphatic carbocycles. The number of nitrogens with two attached hydrogens (primary N) is 1. The van der Waals surface area contributed by atoms with E-state index < -0.39 is 0 Å². The second-order valence-corrected chi connectivity index (χ2v) is 3.53. The lowest BCUT2D eigenvalue weighted by molar-refractivity contribution is 0.253. The molecule has 0 radical (unpaired) electrons. The molecule has 0 aromatic heterocycles. The van der Waals surface area contributed by atoms with Crippen LogP contribution in [0.4, 0.5) is 10.5 Å². The van der Waals surface area contributed by atoms with Crippen LogP contribution in [0.1, 0.15) is 6.42 Å². The van der Waals surface area contributed by atoms with E-state index in [0.29, 0.717) is 30.3 Å². The molecule has 0 aliphatic heterocycles. The lowest BCUT2D eigenvalue weighted by atomic mass is 10.2. The molecule has 1 aromatic carbocycles. The first kappa shape index (κ1) is 14.1. The van der Waals surface area contributed by atoms with Gasteiger partial charge in [-0.05, 0) is 25.1 Å². The quantitative estimate of drug-likeness (QED) is 0.664. The zero-order chi connectivity index (χ0) is 13.4. The van der Waals surface area contributed by atoms with Crippen LogP contribution in [-0.2, 0) is 0 Å². The summed E-state index contributed by atoms with van der Waals surface area (Å²) in [5, 5.41) is 5.15. The number of anilines is 1. The number of hydrogen-bond donors (Lipinski definition) is 3. The summed E-state index contributed by atoms with van der Waals surface area (Å²) in [6, 6.07) is 4.99. The molecule has 0 unspecified atom stereocenters. The van der Waals surface area contributed by atoms with Crippen molar-refractivity contribution in [3.05, 3.63) is 18.2 Å². The predicted molar refractivity (Wildman–Crippen MR) is 70.2 cm³/mol. The van der Waals surface area contributed by atoms with E-state index in [2.05, 4.69) is 10.6 Å². The van der Waals surface area contributed by atoms with Gasteiger partial charge in [0.1, 0.15) is 17.2 Å². The van der Waals surface area contributed by atoms with Gasteiger partial charge in [-0.25, -0.2) is 4.79 Å². The first-order chi connectivity index (χ1) is 8.72. The van der Waals surface area contributed by atoms with Crippen LogP contribution in [0.5, 0.6) is 11.5 Å². The maximum atomic E-state index is 11.4. The van der Waals surface area contributed by atoms with Gasteiger partial charge in [0.05, 0.1) is 13.7 Å². The van der Waals surface area contributed by atoms with Crippen molar-refractivity contribution in [3.8, 4) is 11.5 Å². The van der Waals surface area contributed by atoms with Gasteiger partial charge in [-0.2, -0.15) is 0 Å². The lowest BCUT2D eigenvalue weighted by Crippen LogP contribution is -2.25. The Bertz CT molecular complexity index is 396. The van der Waals surface area contributed by atoms with Gasteiger partial charge in [-0.15, -0.1) is 0 Å². The molecule has 6 nitrogen and oxygen atoms in total. The Morgan fingerprint density at radius 3 is 2.72 bits per heavy atom. The Morgan fingerprint density at radius 2 is 2.11 bits per heavy atom. The zero-order valence-corrected chi connectivity index (χ0v) is 10.7. The number of rotatable bonds is 6. The third kappa shape index (κ3) is 3.81. The molecule has 0 aliphatic rings. The molecule has 2 amide bonds. The summed E-state index contributed by atoms with van der Waals surface area (Å²) in [6.07, 6.45) is 0.747. The van der Waals surface area contributed by atoms with Gasteiger partial charge in [0.2, 0.25) is 0 Å². The first-order valence-corrected chi connectivity index (χ1v) is 5.71. The lowest BCUT2D eigenvalue weighted by Gasteiger charge is -2.15. The number of carbonyl (C=O) groups excluding carboxylic acids is 1. The molecule has 0 atom stereocenters. The molecular formula is C12H19N3O3.